The summed E-state index contributed by atoms with van der Waals surface area (Å²) in [7, 11) is 0. The van der Waals surface area contributed by atoms with Crippen LogP contribution >= 0.6 is 23.4 Å². The average molecular weight is 369 g/mol. The van der Waals surface area contributed by atoms with Crippen molar-refractivity contribution in [1.82, 2.24) is 5.43 Å². The maximum absolute atomic E-state index is 12.8. The van der Waals surface area contributed by atoms with E-state index >= 15 is 0 Å². The van der Waals surface area contributed by atoms with Gasteiger partial charge in [0.25, 0.3) is 5.91 Å². The number of rotatable bonds is 6. The highest BCUT2D eigenvalue weighted by molar-refractivity contribution is 8.00. The van der Waals surface area contributed by atoms with Crippen molar-refractivity contribution in [2.75, 3.05) is 5.43 Å². The number of thioether (sulfide) groups is 1. The molecule has 3 aromatic carbocycles. The SMILES string of the molecule is O=C(NNc1cccc(Cl)c1)C(Sc1ccccc1)c1ccccc1. The predicted molar refractivity (Wildman–Crippen MR) is 105 cm³/mol. The highest BCUT2D eigenvalue weighted by atomic mass is 35.5. The summed E-state index contributed by atoms with van der Waals surface area (Å²) in [4.78, 5) is 13.8. The zero-order valence-electron chi connectivity index (χ0n) is 13.4. The third kappa shape index (κ3) is 5.02. The molecule has 0 heterocycles. The molecule has 0 saturated carbocycles. The molecule has 5 heteroatoms. The van der Waals surface area contributed by atoms with Crippen LogP contribution in [0.2, 0.25) is 5.02 Å². The second-order valence-electron chi connectivity index (χ2n) is 5.35. The molecule has 0 spiro atoms. The Morgan fingerprint density at radius 3 is 2.24 bits per heavy atom. The van der Waals surface area contributed by atoms with Crippen molar-refractivity contribution >= 4 is 35.0 Å². The molecule has 0 radical (unpaired) electrons. The van der Waals surface area contributed by atoms with Gasteiger partial charge in [-0.15, -0.1) is 11.8 Å². The summed E-state index contributed by atoms with van der Waals surface area (Å²) >= 11 is 7.48. The summed E-state index contributed by atoms with van der Waals surface area (Å²) in [5.74, 6) is -0.125. The number of halogens is 1. The number of hydrogen-bond donors (Lipinski definition) is 2. The lowest BCUT2D eigenvalue weighted by Gasteiger charge is -2.18. The molecule has 3 aromatic rings. The van der Waals surface area contributed by atoms with E-state index in [4.69, 9.17) is 11.6 Å². The molecule has 1 unspecified atom stereocenters. The van der Waals surface area contributed by atoms with E-state index in [9.17, 15) is 4.79 Å². The Bertz CT molecular complexity index is 827. The Kier molecular flexibility index (Phi) is 5.99. The minimum absolute atomic E-state index is 0.125. The molecular formula is C20H17ClN2OS. The van der Waals surface area contributed by atoms with Gasteiger partial charge in [0.2, 0.25) is 0 Å². The van der Waals surface area contributed by atoms with Gasteiger partial charge in [0.05, 0.1) is 5.69 Å². The van der Waals surface area contributed by atoms with Gasteiger partial charge in [0.1, 0.15) is 5.25 Å². The first-order valence-electron chi connectivity index (χ1n) is 7.80. The maximum Gasteiger partial charge on any atom is 0.256 e. The van der Waals surface area contributed by atoms with Crippen LogP contribution in [0, 0.1) is 0 Å². The molecule has 0 bridgehead atoms. The lowest BCUT2D eigenvalue weighted by atomic mass is 10.1. The number of carbonyl (C=O) groups is 1. The summed E-state index contributed by atoms with van der Waals surface area (Å²) in [5, 5.41) is 0.243. The van der Waals surface area contributed by atoms with E-state index in [-0.39, 0.29) is 11.2 Å². The van der Waals surface area contributed by atoms with Crippen LogP contribution in [-0.4, -0.2) is 5.91 Å². The lowest BCUT2D eigenvalue weighted by molar-refractivity contribution is -0.120. The second-order valence-corrected chi connectivity index (χ2v) is 6.96. The molecule has 3 nitrogen and oxygen atoms in total. The van der Waals surface area contributed by atoms with Gasteiger partial charge < -0.3 is 0 Å². The van der Waals surface area contributed by atoms with Crippen LogP contribution in [0.15, 0.2) is 89.8 Å². The molecule has 126 valence electrons. The molecule has 0 aliphatic rings. The smallest absolute Gasteiger partial charge is 0.256 e. The molecule has 2 N–H and O–H groups in total. The maximum atomic E-state index is 12.8. The third-order valence-corrected chi connectivity index (χ3v) is 4.99. The number of amides is 1. The lowest BCUT2D eigenvalue weighted by Crippen LogP contribution is -2.32. The fourth-order valence-corrected chi connectivity index (χ4v) is 3.54. The van der Waals surface area contributed by atoms with Gasteiger partial charge in [0.15, 0.2) is 0 Å². The van der Waals surface area contributed by atoms with Gasteiger partial charge >= 0.3 is 0 Å². The van der Waals surface area contributed by atoms with Crippen molar-refractivity contribution in [2.24, 2.45) is 0 Å². The zero-order valence-corrected chi connectivity index (χ0v) is 14.9. The molecule has 0 fully saturated rings. The minimum atomic E-state index is -0.365. The van der Waals surface area contributed by atoms with E-state index in [0.717, 1.165) is 16.1 Å². The fourth-order valence-electron chi connectivity index (χ4n) is 2.30. The van der Waals surface area contributed by atoms with E-state index in [0.29, 0.717) is 5.02 Å². The largest absolute Gasteiger partial charge is 0.299 e. The van der Waals surface area contributed by atoms with E-state index in [1.54, 1.807) is 12.1 Å². The van der Waals surface area contributed by atoms with Gasteiger partial charge in [-0.05, 0) is 35.9 Å². The van der Waals surface area contributed by atoms with Gasteiger partial charge in [-0.2, -0.15) is 0 Å². The number of carbonyl (C=O) groups excluding carboxylic acids is 1. The molecule has 25 heavy (non-hydrogen) atoms. The van der Waals surface area contributed by atoms with Gasteiger partial charge in [-0.25, -0.2) is 0 Å². The van der Waals surface area contributed by atoms with Crippen LogP contribution in [0.4, 0.5) is 5.69 Å². The topological polar surface area (TPSA) is 41.1 Å². The highest BCUT2D eigenvalue weighted by Gasteiger charge is 2.21. The standard InChI is InChI=1S/C20H17ClN2OS/c21-16-10-7-11-17(14-16)22-23-20(24)19(15-8-3-1-4-9-15)25-18-12-5-2-6-13-18/h1-14,19,22H,(H,23,24). The summed E-state index contributed by atoms with van der Waals surface area (Å²) in [6.45, 7) is 0. The summed E-state index contributed by atoms with van der Waals surface area (Å²) in [5.41, 5.74) is 7.38. The number of hydrogen-bond acceptors (Lipinski definition) is 3. The van der Waals surface area contributed by atoms with E-state index in [1.165, 1.54) is 11.8 Å². The van der Waals surface area contributed by atoms with Crippen LogP contribution in [0.25, 0.3) is 0 Å². The van der Waals surface area contributed by atoms with Crippen LogP contribution in [-0.2, 0) is 4.79 Å². The average Bonchev–Trinajstić information content (AvgIpc) is 2.66. The van der Waals surface area contributed by atoms with Crippen molar-refractivity contribution in [3.8, 4) is 0 Å². The quantitative estimate of drug-likeness (QED) is 0.457. The van der Waals surface area contributed by atoms with Gasteiger partial charge in [-0.3, -0.25) is 15.6 Å². The number of anilines is 1. The first kappa shape index (κ1) is 17.4. The third-order valence-electron chi connectivity index (χ3n) is 3.49. The van der Waals surface area contributed by atoms with Crippen molar-refractivity contribution in [3.05, 3.63) is 95.5 Å². The number of nitrogens with one attached hydrogen (secondary N) is 2. The first-order valence-corrected chi connectivity index (χ1v) is 9.06. The minimum Gasteiger partial charge on any atom is -0.299 e. The van der Waals surface area contributed by atoms with Crippen molar-refractivity contribution in [3.63, 3.8) is 0 Å². The fraction of sp³-hybridized carbons (Fsp3) is 0.0500. The predicted octanol–water partition coefficient (Wildman–Crippen LogP) is 5.32. The van der Waals surface area contributed by atoms with Crippen molar-refractivity contribution < 1.29 is 4.79 Å². The molecule has 1 atom stereocenters. The Hall–Kier alpha value is -2.43. The van der Waals surface area contributed by atoms with Crippen LogP contribution in [0.5, 0.6) is 0 Å². The summed E-state index contributed by atoms with van der Waals surface area (Å²) < 4.78 is 0. The Morgan fingerprint density at radius 1 is 0.880 bits per heavy atom. The molecule has 3 rings (SSSR count). The zero-order chi connectivity index (χ0) is 17.5. The second kappa shape index (κ2) is 8.60. The molecule has 0 aromatic heterocycles. The molecular weight excluding hydrogens is 352 g/mol. The Balaban J connectivity index is 1.75. The van der Waals surface area contributed by atoms with Crippen LogP contribution in [0.1, 0.15) is 10.8 Å². The molecule has 0 aliphatic heterocycles. The van der Waals surface area contributed by atoms with Crippen LogP contribution in [0.3, 0.4) is 0 Å². The van der Waals surface area contributed by atoms with Crippen molar-refractivity contribution in [1.29, 1.82) is 0 Å². The van der Waals surface area contributed by atoms with E-state index < -0.39 is 0 Å². The van der Waals surface area contributed by atoms with Crippen molar-refractivity contribution in [2.45, 2.75) is 10.1 Å². The monoisotopic (exact) mass is 368 g/mol. The van der Waals surface area contributed by atoms with Gasteiger partial charge in [-0.1, -0.05) is 66.2 Å². The summed E-state index contributed by atoms with van der Waals surface area (Å²) in [6.07, 6.45) is 0. The van der Waals surface area contributed by atoms with E-state index in [2.05, 4.69) is 10.9 Å². The van der Waals surface area contributed by atoms with Crippen LogP contribution < -0.4 is 10.9 Å². The molecule has 0 aliphatic carbocycles. The first-order chi connectivity index (χ1) is 12.2. The normalized spacial score (nSPS) is 11.6. The number of hydrazine groups is 1. The van der Waals surface area contributed by atoms with Gasteiger partial charge in [0, 0.05) is 9.92 Å². The molecule has 1 amide bonds. The Labute approximate surface area is 156 Å². The number of benzene rings is 3. The Morgan fingerprint density at radius 2 is 1.56 bits per heavy atom. The molecule has 0 saturated heterocycles. The summed E-state index contributed by atoms with van der Waals surface area (Å²) in [6, 6.07) is 26.8. The highest BCUT2D eigenvalue weighted by Crippen LogP contribution is 2.35. The van der Waals surface area contributed by atoms with E-state index in [1.807, 2.05) is 72.8 Å².